The summed E-state index contributed by atoms with van der Waals surface area (Å²) in [6, 6.07) is 7.88. The lowest BCUT2D eigenvalue weighted by molar-refractivity contribution is 0.0675. The van der Waals surface area contributed by atoms with Crippen molar-refractivity contribution in [1.82, 2.24) is 15.5 Å². The summed E-state index contributed by atoms with van der Waals surface area (Å²) in [5, 5.41) is 8.34. The van der Waals surface area contributed by atoms with Crippen LogP contribution in [0.15, 0.2) is 28.8 Å². The normalized spacial score (nSPS) is 20.4. The third-order valence-electron chi connectivity index (χ3n) is 3.57. The molecule has 1 aliphatic rings. The van der Waals surface area contributed by atoms with E-state index in [0.29, 0.717) is 29.4 Å². The number of nitrogens with one attached hydrogen (secondary N) is 1. The molecule has 0 radical (unpaired) electrons. The van der Waals surface area contributed by atoms with Crippen molar-refractivity contribution < 1.29 is 9.26 Å². The third-order valence-corrected chi connectivity index (χ3v) is 3.82. The minimum atomic E-state index is -0.119. The monoisotopic (exact) mass is 307 g/mol. The van der Waals surface area contributed by atoms with E-state index in [2.05, 4.69) is 15.5 Å². The molecule has 1 fully saturated rings. The highest BCUT2D eigenvalue weighted by molar-refractivity contribution is 6.30. The van der Waals surface area contributed by atoms with Gasteiger partial charge in [0.25, 0.3) is 0 Å². The Kier molecular flexibility index (Phi) is 4.53. The molecule has 1 aliphatic heterocycles. The zero-order chi connectivity index (χ0) is 14.7. The van der Waals surface area contributed by atoms with Crippen molar-refractivity contribution in [2.24, 2.45) is 0 Å². The summed E-state index contributed by atoms with van der Waals surface area (Å²) in [4.78, 5) is 4.36. The number of halogens is 1. The smallest absolute Gasteiger partial charge is 0.223 e. The average molecular weight is 308 g/mol. The molecule has 2 unspecified atom stereocenters. The Labute approximate surface area is 128 Å². The molecule has 0 saturated carbocycles. The van der Waals surface area contributed by atoms with Gasteiger partial charge in [0.05, 0.1) is 12.6 Å². The molecule has 2 heterocycles. The molecular formula is C15H18ClN3O2. The van der Waals surface area contributed by atoms with Gasteiger partial charge in [0.2, 0.25) is 5.89 Å². The van der Waals surface area contributed by atoms with Gasteiger partial charge in [0, 0.05) is 24.6 Å². The molecule has 0 amide bonds. The van der Waals surface area contributed by atoms with Gasteiger partial charge < -0.3 is 9.26 Å². The lowest BCUT2D eigenvalue weighted by atomic mass is 10.0. The maximum atomic E-state index is 5.97. The molecule has 1 saturated heterocycles. The molecule has 21 heavy (non-hydrogen) atoms. The number of ether oxygens (including phenoxy) is 1. The highest BCUT2D eigenvalue weighted by Crippen LogP contribution is 2.23. The second-order valence-electron chi connectivity index (χ2n) is 5.24. The van der Waals surface area contributed by atoms with Gasteiger partial charge in [-0.05, 0) is 30.5 Å². The lowest BCUT2D eigenvalue weighted by Crippen LogP contribution is -2.39. The predicted octanol–water partition coefficient (Wildman–Crippen LogP) is 2.89. The zero-order valence-electron chi connectivity index (χ0n) is 11.9. The molecule has 3 rings (SSSR count). The second kappa shape index (κ2) is 6.56. The van der Waals surface area contributed by atoms with Gasteiger partial charge in [0.1, 0.15) is 0 Å². The molecule has 5 nitrogen and oxygen atoms in total. The van der Waals surface area contributed by atoms with Crippen molar-refractivity contribution >= 4 is 11.6 Å². The minimum absolute atomic E-state index is 0.119. The highest BCUT2D eigenvalue weighted by Gasteiger charge is 2.24. The number of rotatable bonds is 4. The number of benzene rings is 1. The van der Waals surface area contributed by atoms with Crippen molar-refractivity contribution in [1.29, 1.82) is 0 Å². The summed E-state index contributed by atoms with van der Waals surface area (Å²) in [6.45, 7) is 3.34. The van der Waals surface area contributed by atoms with Gasteiger partial charge in [-0.25, -0.2) is 0 Å². The molecule has 112 valence electrons. The fourth-order valence-corrected chi connectivity index (χ4v) is 2.64. The summed E-state index contributed by atoms with van der Waals surface area (Å²) in [5.74, 6) is 1.20. The number of nitrogens with zero attached hydrogens (tertiary/aromatic N) is 2. The molecule has 0 bridgehead atoms. The predicted molar refractivity (Wildman–Crippen MR) is 79.3 cm³/mol. The summed E-state index contributed by atoms with van der Waals surface area (Å²) in [6.07, 6.45) is 2.15. The Hall–Kier alpha value is -1.43. The van der Waals surface area contributed by atoms with Crippen LogP contribution in [0.3, 0.4) is 0 Å². The van der Waals surface area contributed by atoms with Gasteiger partial charge in [-0.3, -0.25) is 5.32 Å². The van der Waals surface area contributed by atoms with Gasteiger partial charge in [-0.15, -0.1) is 0 Å². The van der Waals surface area contributed by atoms with Crippen LogP contribution in [0.25, 0.3) is 0 Å². The Morgan fingerprint density at radius 3 is 2.76 bits per heavy atom. The van der Waals surface area contributed by atoms with E-state index in [4.69, 9.17) is 20.9 Å². The van der Waals surface area contributed by atoms with Crippen LogP contribution in [0.4, 0.5) is 0 Å². The van der Waals surface area contributed by atoms with E-state index < -0.39 is 0 Å². The van der Waals surface area contributed by atoms with E-state index in [-0.39, 0.29) is 6.04 Å². The standard InChI is InChI=1S/C15H18ClN3O2/c1-10-17-15(19-21-10)14(11-4-6-12(16)7-5-11)18-13-3-2-8-20-9-13/h4-7,13-14,18H,2-3,8-9H2,1H3. The molecule has 1 N–H and O–H groups in total. The lowest BCUT2D eigenvalue weighted by Gasteiger charge is -2.27. The van der Waals surface area contributed by atoms with Crippen LogP contribution in [0.2, 0.25) is 5.02 Å². The first-order valence-electron chi connectivity index (χ1n) is 7.12. The molecule has 1 aromatic carbocycles. The summed E-state index contributed by atoms with van der Waals surface area (Å²) in [7, 11) is 0. The van der Waals surface area contributed by atoms with Crippen molar-refractivity contribution in [3.05, 3.63) is 46.6 Å². The van der Waals surface area contributed by atoms with E-state index in [1.807, 2.05) is 24.3 Å². The Bertz CT molecular complexity index is 579. The second-order valence-corrected chi connectivity index (χ2v) is 5.67. The average Bonchev–Trinajstić information content (AvgIpc) is 2.93. The van der Waals surface area contributed by atoms with Gasteiger partial charge >= 0.3 is 0 Å². The molecule has 2 atom stereocenters. The molecule has 0 aliphatic carbocycles. The maximum absolute atomic E-state index is 5.97. The quantitative estimate of drug-likeness (QED) is 0.941. The van der Waals surface area contributed by atoms with E-state index in [1.165, 1.54) is 0 Å². The Morgan fingerprint density at radius 2 is 2.14 bits per heavy atom. The summed E-state index contributed by atoms with van der Waals surface area (Å²) >= 11 is 5.97. The SMILES string of the molecule is Cc1nc(C(NC2CCCOC2)c2ccc(Cl)cc2)no1. The summed E-state index contributed by atoms with van der Waals surface area (Å²) < 4.78 is 10.7. The minimum Gasteiger partial charge on any atom is -0.380 e. The van der Waals surface area contributed by atoms with Crippen molar-refractivity contribution in [2.75, 3.05) is 13.2 Å². The highest BCUT2D eigenvalue weighted by atomic mass is 35.5. The molecule has 2 aromatic rings. The molecule has 1 aromatic heterocycles. The topological polar surface area (TPSA) is 60.2 Å². The van der Waals surface area contributed by atoms with E-state index >= 15 is 0 Å². The van der Waals surface area contributed by atoms with Gasteiger partial charge in [0.15, 0.2) is 5.82 Å². The van der Waals surface area contributed by atoms with Crippen molar-refractivity contribution in [3.63, 3.8) is 0 Å². The fraction of sp³-hybridized carbons (Fsp3) is 0.467. The third kappa shape index (κ3) is 3.61. The zero-order valence-corrected chi connectivity index (χ0v) is 12.6. The fourth-order valence-electron chi connectivity index (χ4n) is 2.52. The first-order valence-corrected chi connectivity index (χ1v) is 7.49. The molecule has 0 spiro atoms. The van der Waals surface area contributed by atoms with Gasteiger partial charge in [-0.1, -0.05) is 28.9 Å². The number of aryl methyl sites for hydroxylation is 1. The van der Waals surface area contributed by atoms with Crippen LogP contribution in [-0.2, 0) is 4.74 Å². The largest absolute Gasteiger partial charge is 0.380 e. The Balaban J connectivity index is 1.84. The summed E-state index contributed by atoms with van der Waals surface area (Å²) in [5.41, 5.74) is 1.06. The van der Waals surface area contributed by atoms with Crippen LogP contribution < -0.4 is 5.32 Å². The van der Waals surface area contributed by atoms with Crippen LogP contribution in [0.1, 0.15) is 36.2 Å². The van der Waals surface area contributed by atoms with Gasteiger partial charge in [-0.2, -0.15) is 4.98 Å². The maximum Gasteiger partial charge on any atom is 0.223 e. The first kappa shape index (κ1) is 14.5. The van der Waals surface area contributed by atoms with E-state index in [0.717, 1.165) is 25.0 Å². The van der Waals surface area contributed by atoms with Crippen LogP contribution >= 0.6 is 11.6 Å². The van der Waals surface area contributed by atoms with Crippen LogP contribution in [0, 0.1) is 6.92 Å². The number of aromatic nitrogens is 2. The Morgan fingerprint density at radius 1 is 1.33 bits per heavy atom. The van der Waals surface area contributed by atoms with Crippen LogP contribution in [-0.4, -0.2) is 29.4 Å². The van der Waals surface area contributed by atoms with E-state index in [1.54, 1.807) is 6.92 Å². The van der Waals surface area contributed by atoms with E-state index in [9.17, 15) is 0 Å². The van der Waals surface area contributed by atoms with Crippen molar-refractivity contribution in [2.45, 2.75) is 31.8 Å². The molecular weight excluding hydrogens is 290 g/mol. The number of hydrogen-bond acceptors (Lipinski definition) is 5. The van der Waals surface area contributed by atoms with Crippen molar-refractivity contribution in [3.8, 4) is 0 Å². The van der Waals surface area contributed by atoms with Crippen LogP contribution in [0.5, 0.6) is 0 Å². The number of hydrogen-bond donors (Lipinski definition) is 1. The molecule has 6 heteroatoms. The first-order chi connectivity index (χ1) is 10.2.